The average molecular weight is 319 g/mol. The van der Waals surface area contributed by atoms with Crippen molar-refractivity contribution in [3.8, 4) is 0 Å². The number of halogens is 2. The molecule has 1 rings (SSSR count). The summed E-state index contributed by atoms with van der Waals surface area (Å²) in [6, 6.07) is 3.74. The molecule has 0 radical (unpaired) electrons. The summed E-state index contributed by atoms with van der Waals surface area (Å²) in [5, 5.41) is 14.1. The zero-order chi connectivity index (χ0) is 13.7. The van der Waals surface area contributed by atoms with Gasteiger partial charge in [-0.15, -0.1) is 0 Å². The molecule has 6 heteroatoms. The number of aliphatic hydroxyl groups is 1. The number of aliphatic hydroxyl groups excluding tert-OH is 1. The van der Waals surface area contributed by atoms with E-state index in [1.807, 2.05) is 6.92 Å². The van der Waals surface area contributed by atoms with Crippen LogP contribution in [0.3, 0.4) is 0 Å². The zero-order valence-electron chi connectivity index (χ0n) is 10.2. The molecule has 0 bridgehead atoms. The monoisotopic (exact) mass is 318 g/mol. The van der Waals surface area contributed by atoms with E-state index < -0.39 is 11.8 Å². The van der Waals surface area contributed by atoms with Crippen molar-refractivity contribution in [2.75, 3.05) is 11.9 Å². The van der Waals surface area contributed by atoms with Crippen LogP contribution in [0.5, 0.6) is 0 Å². The van der Waals surface area contributed by atoms with E-state index in [2.05, 4.69) is 26.6 Å². The Labute approximate surface area is 114 Å². The SMILES string of the molecule is C[C@H](CO)[C@@H](C)NC(=O)Nc1ccc(Br)c(F)c1. The number of amides is 2. The molecule has 1 aromatic rings. The molecule has 4 nitrogen and oxygen atoms in total. The van der Waals surface area contributed by atoms with Crippen LogP contribution in [0.1, 0.15) is 13.8 Å². The zero-order valence-corrected chi connectivity index (χ0v) is 11.8. The fourth-order valence-electron chi connectivity index (χ4n) is 1.25. The Kier molecular flexibility index (Phi) is 5.55. The summed E-state index contributed by atoms with van der Waals surface area (Å²) >= 11 is 3.03. The third kappa shape index (κ3) is 4.27. The van der Waals surface area contributed by atoms with Crippen LogP contribution in [0.15, 0.2) is 22.7 Å². The van der Waals surface area contributed by atoms with Crippen molar-refractivity contribution in [2.24, 2.45) is 5.92 Å². The Balaban J connectivity index is 2.57. The minimum Gasteiger partial charge on any atom is -0.396 e. The van der Waals surface area contributed by atoms with E-state index in [4.69, 9.17) is 5.11 Å². The minimum atomic E-state index is -0.440. The van der Waals surface area contributed by atoms with Crippen molar-refractivity contribution in [1.82, 2.24) is 5.32 Å². The lowest BCUT2D eigenvalue weighted by atomic mass is 10.1. The molecule has 3 N–H and O–H groups in total. The Morgan fingerprint density at radius 2 is 2.17 bits per heavy atom. The van der Waals surface area contributed by atoms with Gasteiger partial charge >= 0.3 is 6.03 Å². The Bertz CT molecular complexity index is 429. The Morgan fingerprint density at radius 3 is 2.72 bits per heavy atom. The highest BCUT2D eigenvalue weighted by atomic mass is 79.9. The van der Waals surface area contributed by atoms with Crippen molar-refractivity contribution < 1.29 is 14.3 Å². The Morgan fingerprint density at radius 1 is 1.50 bits per heavy atom. The van der Waals surface area contributed by atoms with Crippen LogP contribution in [0.2, 0.25) is 0 Å². The fourth-order valence-corrected chi connectivity index (χ4v) is 1.49. The number of urea groups is 1. The van der Waals surface area contributed by atoms with Crippen LogP contribution in [0, 0.1) is 11.7 Å². The van der Waals surface area contributed by atoms with Crippen LogP contribution >= 0.6 is 15.9 Å². The average Bonchev–Trinajstić information content (AvgIpc) is 2.32. The lowest BCUT2D eigenvalue weighted by molar-refractivity contribution is 0.204. The number of carbonyl (C=O) groups excluding carboxylic acids is 1. The smallest absolute Gasteiger partial charge is 0.319 e. The summed E-state index contributed by atoms with van der Waals surface area (Å²) < 4.78 is 13.6. The molecule has 2 atom stereocenters. The van der Waals surface area contributed by atoms with Crippen molar-refractivity contribution in [3.05, 3.63) is 28.5 Å². The highest BCUT2D eigenvalue weighted by Crippen LogP contribution is 2.19. The van der Waals surface area contributed by atoms with E-state index in [-0.39, 0.29) is 18.6 Å². The first-order chi connectivity index (χ1) is 8.43. The molecule has 0 aliphatic heterocycles. The molecular formula is C12H16BrFN2O2. The molecule has 1 aromatic carbocycles. The number of rotatable bonds is 4. The molecule has 0 unspecified atom stereocenters. The molecule has 0 aliphatic carbocycles. The van der Waals surface area contributed by atoms with Crippen LogP contribution in [-0.4, -0.2) is 23.8 Å². The van der Waals surface area contributed by atoms with E-state index in [1.54, 1.807) is 13.0 Å². The third-order valence-corrected chi connectivity index (χ3v) is 3.32. The number of nitrogens with one attached hydrogen (secondary N) is 2. The maximum Gasteiger partial charge on any atom is 0.319 e. The molecule has 0 saturated heterocycles. The fraction of sp³-hybridized carbons (Fsp3) is 0.417. The summed E-state index contributed by atoms with van der Waals surface area (Å²) in [5.74, 6) is -0.484. The highest BCUT2D eigenvalue weighted by Gasteiger charge is 2.14. The molecule has 18 heavy (non-hydrogen) atoms. The first kappa shape index (κ1) is 14.9. The predicted octanol–water partition coefficient (Wildman–Crippen LogP) is 2.73. The van der Waals surface area contributed by atoms with Gasteiger partial charge in [0.25, 0.3) is 0 Å². The topological polar surface area (TPSA) is 61.4 Å². The van der Waals surface area contributed by atoms with E-state index in [1.165, 1.54) is 12.1 Å². The van der Waals surface area contributed by atoms with Crippen LogP contribution in [0.4, 0.5) is 14.9 Å². The summed E-state index contributed by atoms with van der Waals surface area (Å²) in [4.78, 5) is 11.6. The molecule has 0 saturated carbocycles. The summed E-state index contributed by atoms with van der Waals surface area (Å²) in [7, 11) is 0. The summed E-state index contributed by atoms with van der Waals surface area (Å²) in [6.07, 6.45) is 0. The van der Waals surface area contributed by atoms with Gasteiger partial charge in [0.2, 0.25) is 0 Å². The lowest BCUT2D eigenvalue weighted by Crippen LogP contribution is -2.40. The quantitative estimate of drug-likeness (QED) is 0.799. The summed E-state index contributed by atoms with van der Waals surface area (Å²) in [5.41, 5.74) is 0.372. The predicted molar refractivity (Wildman–Crippen MR) is 72.0 cm³/mol. The van der Waals surface area contributed by atoms with Gasteiger partial charge in [-0.25, -0.2) is 9.18 Å². The molecule has 0 aromatic heterocycles. The van der Waals surface area contributed by atoms with Gasteiger partial charge in [-0.05, 0) is 47.0 Å². The van der Waals surface area contributed by atoms with Crippen molar-refractivity contribution in [1.29, 1.82) is 0 Å². The number of anilines is 1. The van der Waals surface area contributed by atoms with E-state index in [0.717, 1.165) is 0 Å². The van der Waals surface area contributed by atoms with E-state index in [9.17, 15) is 9.18 Å². The normalized spacial score (nSPS) is 13.8. The molecule has 100 valence electrons. The molecule has 0 fully saturated rings. The van der Waals surface area contributed by atoms with Crippen LogP contribution < -0.4 is 10.6 Å². The largest absolute Gasteiger partial charge is 0.396 e. The standard InChI is InChI=1S/C12H16BrFN2O2/c1-7(6-17)8(2)15-12(18)16-9-3-4-10(13)11(14)5-9/h3-5,7-8,17H,6H2,1-2H3,(H2,15,16,18)/t7-,8-/m1/s1. The van der Waals surface area contributed by atoms with Gasteiger partial charge < -0.3 is 15.7 Å². The van der Waals surface area contributed by atoms with Crippen molar-refractivity contribution in [3.63, 3.8) is 0 Å². The second-order valence-electron chi connectivity index (χ2n) is 4.18. The highest BCUT2D eigenvalue weighted by molar-refractivity contribution is 9.10. The van der Waals surface area contributed by atoms with Crippen LogP contribution in [-0.2, 0) is 0 Å². The van der Waals surface area contributed by atoms with Crippen molar-refractivity contribution in [2.45, 2.75) is 19.9 Å². The van der Waals surface area contributed by atoms with E-state index in [0.29, 0.717) is 10.2 Å². The van der Waals surface area contributed by atoms with E-state index >= 15 is 0 Å². The van der Waals surface area contributed by atoms with Gasteiger partial charge in [-0.3, -0.25) is 0 Å². The molecule has 2 amide bonds. The molecule has 0 aliphatic rings. The van der Waals surface area contributed by atoms with Gasteiger partial charge in [-0.1, -0.05) is 6.92 Å². The minimum absolute atomic E-state index is 0.00560. The second kappa shape index (κ2) is 6.70. The molecule has 0 spiro atoms. The lowest BCUT2D eigenvalue weighted by Gasteiger charge is -2.19. The molecular weight excluding hydrogens is 303 g/mol. The first-order valence-corrected chi connectivity index (χ1v) is 6.36. The van der Waals surface area contributed by atoms with Gasteiger partial charge in [-0.2, -0.15) is 0 Å². The number of benzene rings is 1. The maximum atomic E-state index is 13.2. The van der Waals surface area contributed by atoms with Gasteiger partial charge in [0.05, 0.1) is 4.47 Å². The number of hydrogen-bond donors (Lipinski definition) is 3. The van der Waals surface area contributed by atoms with Gasteiger partial charge in [0.15, 0.2) is 0 Å². The third-order valence-electron chi connectivity index (χ3n) is 2.68. The summed E-state index contributed by atoms with van der Waals surface area (Å²) in [6.45, 7) is 3.61. The van der Waals surface area contributed by atoms with Gasteiger partial charge in [0, 0.05) is 18.3 Å². The first-order valence-electron chi connectivity index (χ1n) is 5.57. The maximum absolute atomic E-state index is 13.2. The van der Waals surface area contributed by atoms with Crippen molar-refractivity contribution >= 4 is 27.6 Å². The van der Waals surface area contributed by atoms with Gasteiger partial charge in [0.1, 0.15) is 5.82 Å². The van der Waals surface area contributed by atoms with Crippen LogP contribution in [0.25, 0.3) is 0 Å². The molecule has 0 heterocycles. The number of hydrogen-bond acceptors (Lipinski definition) is 2. The Hall–Kier alpha value is -1.14. The number of carbonyl (C=O) groups is 1. The second-order valence-corrected chi connectivity index (χ2v) is 5.03.